The maximum atomic E-state index is 3.47. The molecule has 2 heteroatoms. The van der Waals surface area contributed by atoms with Crippen molar-refractivity contribution in [2.24, 2.45) is 7.05 Å². The Morgan fingerprint density at radius 3 is 1.93 bits per heavy atom. The van der Waals surface area contributed by atoms with Crippen molar-refractivity contribution in [1.29, 1.82) is 0 Å². The van der Waals surface area contributed by atoms with E-state index in [0.717, 1.165) is 0 Å². The summed E-state index contributed by atoms with van der Waals surface area (Å²) < 4.78 is 2.24. The number of aryl methyl sites for hydroxylation is 4. The van der Waals surface area contributed by atoms with E-state index >= 15 is 0 Å². The van der Waals surface area contributed by atoms with Gasteiger partial charge in [-0.25, -0.2) is 9.55 Å². The highest BCUT2D eigenvalue weighted by molar-refractivity contribution is 5.81. The fourth-order valence-corrected chi connectivity index (χ4v) is 2.30. The molecule has 2 aromatic rings. The van der Waals surface area contributed by atoms with Gasteiger partial charge in [-0.3, -0.25) is 0 Å². The van der Waals surface area contributed by atoms with Gasteiger partial charge < -0.3 is 0 Å². The molecule has 0 unspecified atom stereocenters. The molecular formula is C13H19N2+. The zero-order valence-corrected chi connectivity index (χ0v) is 10.4. The molecule has 80 valence electrons. The van der Waals surface area contributed by atoms with Crippen molar-refractivity contribution in [3.05, 3.63) is 28.1 Å². The fourth-order valence-electron chi connectivity index (χ4n) is 2.30. The third kappa shape index (κ3) is 1.21. The van der Waals surface area contributed by atoms with Crippen LogP contribution < -0.4 is 4.57 Å². The van der Waals surface area contributed by atoms with Crippen molar-refractivity contribution >= 4 is 11.0 Å². The number of nitrogens with one attached hydrogen (secondary N) is 1. The largest absolute Gasteiger partial charge is 0.251 e. The topological polar surface area (TPSA) is 19.7 Å². The summed E-state index contributed by atoms with van der Waals surface area (Å²) in [5, 5.41) is 0. The maximum Gasteiger partial charge on any atom is 0.251 e. The van der Waals surface area contributed by atoms with E-state index in [1.165, 1.54) is 39.1 Å². The third-order valence-corrected chi connectivity index (χ3v) is 3.80. The molecule has 0 radical (unpaired) electrons. The average Bonchev–Trinajstić information content (AvgIpc) is 2.50. The molecule has 2 rings (SSSR count). The number of aromatic amines is 1. The van der Waals surface area contributed by atoms with E-state index in [4.69, 9.17) is 0 Å². The van der Waals surface area contributed by atoms with Crippen molar-refractivity contribution in [2.75, 3.05) is 0 Å². The van der Waals surface area contributed by atoms with Crippen molar-refractivity contribution in [2.45, 2.75) is 34.6 Å². The number of hydrogen-bond donors (Lipinski definition) is 1. The van der Waals surface area contributed by atoms with Gasteiger partial charge in [0, 0.05) is 18.1 Å². The van der Waals surface area contributed by atoms with E-state index < -0.39 is 0 Å². The predicted molar refractivity (Wildman–Crippen MR) is 63.2 cm³/mol. The van der Waals surface area contributed by atoms with Gasteiger partial charge in [-0.2, -0.15) is 0 Å². The Hall–Kier alpha value is -1.31. The molecule has 0 spiro atoms. The first-order valence-electron chi connectivity index (χ1n) is 5.39. The zero-order valence-electron chi connectivity index (χ0n) is 10.4. The van der Waals surface area contributed by atoms with Crippen LogP contribution >= 0.6 is 0 Å². The molecule has 0 saturated carbocycles. The second-order valence-electron chi connectivity index (χ2n) is 4.49. The first kappa shape index (κ1) is 10.2. The molecule has 1 aromatic carbocycles. The van der Waals surface area contributed by atoms with Crippen LogP contribution in [0, 0.1) is 34.6 Å². The highest BCUT2D eigenvalue weighted by Crippen LogP contribution is 2.25. The molecule has 1 aromatic heterocycles. The quantitative estimate of drug-likeness (QED) is 0.635. The fraction of sp³-hybridized carbons (Fsp3) is 0.462. The van der Waals surface area contributed by atoms with Crippen LogP contribution in [0.25, 0.3) is 11.0 Å². The number of benzene rings is 1. The van der Waals surface area contributed by atoms with Crippen LogP contribution in [0.15, 0.2) is 0 Å². The minimum atomic E-state index is 1.21. The third-order valence-electron chi connectivity index (χ3n) is 3.80. The molecule has 0 bridgehead atoms. The van der Waals surface area contributed by atoms with E-state index in [2.05, 4.69) is 51.2 Å². The molecule has 0 aliphatic heterocycles. The molecular weight excluding hydrogens is 184 g/mol. The van der Waals surface area contributed by atoms with Gasteiger partial charge in [-0.1, -0.05) is 0 Å². The van der Waals surface area contributed by atoms with Crippen LogP contribution in [0.1, 0.15) is 28.1 Å². The summed E-state index contributed by atoms with van der Waals surface area (Å²) in [7, 11) is 2.12. The van der Waals surface area contributed by atoms with Gasteiger partial charge in [0.2, 0.25) is 0 Å². The molecule has 0 aliphatic carbocycles. The smallest absolute Gasteiger partial charge is 0.241 e. The molecule has 0 aliphatic rings. The summed E-state index contributed by atoms with van der Waals surface area (Å²) >= 11 is 0. The number of aromatic nitrogens is 2. The lowest BCUT2D eigenvalue weighted by molar-refractivity contribution is -0.651. The SMILES string of the molecule is Cc1c(C)c(C)c2c([nH]c(C)[n+]2C)c1C. The molecule has 0 fully saturated rings. The van der Waals surface area contributed by atoms with Crippen LogP contribution in [0.2, 0.25) is 0 Å². The molecule has 1 heterocycles. The molecule has 1 N–H and O–H groups in total. The summed E-state index contributed by atoms with van der Waals surface area (Å²) in [6, 6.07) is 0. The summed E-state index contributed by atoms with van der Waals surface area (Å²) in [5.74, 6) is 1.21. The lowest BCUT2D eigenvalue weighted by Gasteiger charge is -2.07. The summed E-state index contributed by atoms with van der Waals surface area (Å²) in [5.41, 5.74) is 8.21. The highest BCUT2D eigenvalue weighted by atomic mass is 15.1. The monoisotopic (exact) mass is 203 g/mol. The Morgan fingerprint density at radius 1 is 0.800 bits per heavy atom. The van der Waals surface area contributed by atoms with Gasteiger partial charge in [-0.15, -0.1) is 0 Å². The van der Waals surface area contributed by atoms with Gasteiger partial charge in [-0.05, 0) is 38.8 Å². The lowest BCUT2D eigenvalue weighted by Crippen LogP contribution is -2.30. The molecule has 0 amide bonds. The van der Waals surface area contributed by atoms with Crippen molar-refractivity contribution in [3.63, 3.8) is 0 Å². The Kier molecular flexibility index (Phi) is 2.10. The Balaban J connectivity index is 3.07. The minimum absolute atomic E-state index is 1.21. The van der Waals surface area contributed by atoms with Crippen LogP contribution in [-0.4, -0.2) is 4.98 Å². The number of rotatable bonds is 0. The first-order chi connectivity index (χ1) is 6.95. The minimum Gasteiger partial charge on any atom is -0.241 e. The lowest BCUT2D eigenvalue weighted by atomic mass is 9.97. The second kappa shape index (κ2) is 3.09. The Bertz CT molecular complexity index is 548. The number of H-pyrrole nitrogens is 1. The summed E-state index contributed by atoms with van der Waals surface area (Å²) in [6.45, 7) is 10.9. The molecule has 2 nitrogen and oxygen atoms in total. The standard InChI is InChI=1S/C13H18N2/c1-7-8(2)10(4)13-12(9(7)3)14-11(5)15(13)6/h1-6H3/p+1. The molecule has 0 saturated heterocycles. The van der Waals surface area contributed by atoms with E-state index in [9.17, 15) is 0 Å². The highest BCUT2D eigenvalue weighted by Gasteiger charge is 2.19. The number of nitrogens with zero attached hydrogens (tertiary/aromatic N) is 1. The van der Waals surface area contributed by atoms with Crippen LogP contribution in [-0.2, 0) is 7.05 Å². The second-order valence-corrected chi connectivity index (χ2v) is 4.49. The van der Waals surface area contributed by atoms with Gasteiger partial charge in [0.1, 0.15) is 0 Å². The number of fused-ring (bicyclic) bond motifs is 1. The maximum absolute atomic E-state index is 3.47. The van der Waals surface area contributed by atoms with Crippen LogP contribution in [0.5, 0.6) is 0 Å². The summed E-state index contributed by atoms with van der Waals surface area (Å²) in [4.78, 5) is 3.47. The van der Waals surface area contributed by atoms with Crippen LogP contribution in [0.3, 0.4) is 0 Å². The van der Waals surface area contributed by atoms with Crippen molar-refractivity contribution < 1.29 is 4.57 Å². The van der Waals surface area contributed by atoms with Gasteiger partial charge >= 0.3 is 0 Å². The van der Waals surface area contributed by atoms with Gasteiger partial charge in [0.05, 0.1) is 7.05 Å². The van der Waals surface area contributed by atoms with E-state index in [1.54, 1.807) is 0 Å². The number of hydrogen-bond acceptors (Lipinski definition) is 0. The van der Waals surface area contributed by atoms with E-state index in [1.807, 2.05) is 0 Å². The average molecular weight is 203 g/mol. The van der Waals surface area contributed by atoms with Gasteiger partial charge in [0.25, 0.3) is 5.82 Å². The number of imidazole rings is 1. The van der Waals surface area contributed by atoms with E-state index in [-0.39, 0.29) is 0 Å². The molecule has 0 atom stereocenters. The van der Waals surface area contributed by atoms with Gasteiger partial charge in [0.15, 0.2) is 11.0 Å². The zero-order chi connectivity index (χ0) is 11.3. The summed E-state index contributed by atoms with van der Waals surface area (Å²) in [6.07, 6.45) is 0. The normalized spacial score (nSPS) is 11.3. The van der Waals surface area contributed by atoms with E-state index in [0.29, 0.717) is 0 Å². The predicted octanol–water partition coefficient (Wildman–Crippen LogP) is 2.53. The van der Waals surface area contributed by atoms with Crippen molar-refractivity contribution in [1.82, 2.24) is 4.98 Å². The Morgan fingerprint density at radius 2 is 1.33 bits per heavy atom. The molecule has 15 heavy (non-hydrogen) atoms. The first-order valence-corrected chi connectivity index (χ1v) is 5.39. The van der Waals surface area contributed by atoms with Crippen LogP contribution in [0.4, 0.5) is 0 Å². The Labute approximate surface area is 90.9 Å². The van der Waals surface area contributed by atoms with Crippen molar-refractivity contribution in [3.8, 4) is 0 Å².